The molecule has 0 fully saturated rings. The normalized spacial score (nSPS) is 15.4. The van der Waals surface area contributed by atoms with Gasteiger partial charge in [0.05, 0.1) is 19.4 Å². The van der Waals surface area contributed by atoms with E-state index in [1.165, 1.54) is 19.2 Å². The molecule has 0 saturated carbocycles. The molecule has 0 radical (unpaired) electrons. The molecule has 2 aromatic carbocycles. The van der Waals surface area contributed by atoms with Crippen LogP contribution in [0.5, 0.6) is 5.75 Å². The number of hydrogen-bond donors (Lipinski definition) is 0. The molecule has 0 bridgehead atoms. The van der Waals surface area contributed by atoms with Crippen LogP contribution in [0, 0.1) is 5.82 Å². The lowest BCUT2D eigenvalue weighted by Gasteiger charge is -2.21. The summed E-state index contributed by atoms with van der Waals surface area (Å²) in [5.74, 6) is -0.809. The summed E-state index contributed by atoms with van der Waals surface area (Å²) in [6.07, 6.45) is 1.68. The average Bonchev–Trinajstić information content (AvgIpc) is 2.93. The van der Waals surface area contributed by atoms with E-state index in [0.717, 1.165) is 11.3 Å². The summed E-state index contributed by atoms with van der Waals surface area (Å²) in [6, 6.07) is 13.0. The van der Waals surface area contributed by atoms with E-state index in [1.807, 2.05) is 19.1 Å². The third-order valence-electron chi connectivity index (χ3n) is 4.37. The summed E-state index contributed by atoms with van der Waals surface area (Å²) in [4.78, 5) is 26.8. The quantitative estimate of drug-likeness (QED) is 0.443. The Morgan fingerprint density at radius 3 is 2.32 bits per heavy atom. The van der Waals surface area contributed by atoms with E-state index in [4.69, 9.17) is 9.47 Å². The van der Waals surface area contributed by atoms with Crippen molar-refractivity contribution in [2.45, 2.75) is 13.8 Å². The number of benzene rings is 2. The molecule has 1 aliphatic heterocycles. The molecule has 1 heterocycles. The largest absolute Gasteiger partial charge is 0.494 e. The Balaban J connectivity index is 2.07. The van der Waals surface area contributed by atoms with Crippen LogP contribution in [-0.4, -0.2) is 25.5 Å². The maximum atomic E-state index is 13.4. The van der Waals surface area contributed by atoms with Crippen molar-refractivity contribution in [3.05, 3.63) is 76.9 Å². The lowest BCUT2D eigenvalue weighted by molar-refractivity contribution is -0.137. The number of rotatable bonds is 5. The van der Waals surface area contributed by atoms with Gasteiger partial charge in [0.1, 0.15) is 17.1 Å². The maximum absolute atomic E-state index is 13.4. The van der Waals surface area contributed by atoms with Crippen molar-refractivity contribution < 1.29 is 23.5 Å². The van der Waals surface area contributed by atoms with Gasteiger partial charge in [0.15, 0.2) is 0 Å². The number of nitrogens with zero attached hydrogens (tertiary/aromatic N) is 1. The molecule has 3 rings (SSSR count). The molecule has 0 N–H and O–H groups in total. The monoisotopic (exact) mass is 381 g/mol. The number of halogens is 1. The number of Topliss-reactive ketones (excluding diaryl/α,β-unsaturated/α-hetero) is 1. The van der Waals surface area contributed by atoms with Crippen LogP contribution in [0.3, 0.4) is 0 Å². The fourth-order valence-corrected chi connectivity index (χ4v) is 3.07. The molecule has 144 valence electrons. The summed E-state index contributed by atoms with van der Waals surface area (Å²) >= 11 is 0. The lowest BCUT2D eigenvalue weighted by atomic mass is 10.1. The molecule has 0 aliphatic carbocycles. The Morgan fingerprint density at radius 1 is 1.11 bits per heavy atom. The predicted octanol–water partition coefficient (Wildman–Crippen LogP) is 4.10. The van der Waals surface area contributed by atoms with Gasteiger partial charge >= 0.3 is 5.97 Å². The number of hydrogen-bond acceptors (Lipinski definition) is 5. The molecule has 1 aliphatic rings. The summed E-state index contributed by atoms with van der Waals surface area (Å²) in [6.45, 7) is 4.12. The fraction of sp³-hybridized carbons (Fsp3) is 0.182. The van der Waals surface area contributed by atoms with Gasteiger partial charge < -0.3 is 14.4 Å². The molecule has 0 atom stereocenters. The molecule has 0 unspecified atom stereocenters. The van der Waals surface area contributed by atoms with Gasteiger partial charge in [0, 0.05) is 11.4 Å². The molecule has 0 aromatic heterocycles. The first-order chi connectivity index (χ1) is 13.5. The highest BCUT2D eigenvalue weighted by atomic mass is 19.1. The molecule has 0 amide bonds. The van der Waals surface area contributed by atoms with Crippen molar-refractivity contribution in [3.63, 3.8) is 0 Å². The zero-order valence-corrected chi connectivity index (χ0v) is 15.9. The maximum Gasteiger partial charge on any atom is 0.343 e. The van der Waals surface area contributed by atoms with Crippen LogP contribution in [0.15, 0.2) is 65.5 Å². The van der Waals surface area contributed by atoms with Crippen LogP contribution in [0.25, 0.3) is 6.08 Å². The molecule has 5 nitrogen and oxygen atoms in total. The highest BCUT2D eigenvalue weighted by Gasteiger charge is 2.38. The third kappa shape index (κ3) is 3.67. The fourth-order valence-electron chi connectivity index (χ4n) is 3.07. The van der Waals surface area contributed by atoms with E-state index in [0.29, 0.717) is 18.0 Å². The number of esters is 1. The molecule has 28 heavy (non-hydrogen) atoms. The van der Waals surface area contributed by atoms with Crippen LogP contribution < -0.4 is 9.64 Å². The first-order valence-corrected chi connectivity index (χ1v) is 8.80. The second-order valence-electron chi connectivity index (χ2n) is 6.12. The summed E-state index contributed by atoms with van der Waals surface area (Å²) in [7, 11) is 1.23. The zero-order valence-electron chi connectivity index (χ0n) is 15.9. The first-order valence-electron chi connectivity index (χ1n) is 8.80. The number of allylic oxidation sites excluding steroid dienone is 2. The molecular weight excluding hydrogens is 361 g/mol. The van der Waals surface area contributed by atoms with Crippen molar-refractivity contribution in [2.75, 3.05) is 18.6 Å². The van der Waals surface area contributed by atoms with Crippen LogP contribution in [0.1, 0.15) is 19.4 Å². The first kappa shape index (κ1) is 19.4. The van der Waals surface area contributed by atoms with E-state index < -0.39 is 11.8 Å². The van der Waals surface area contributed by atoms with Crippen molar-refractivity contribution in [3.8, 4) is 5.75 Å². The molecule has 6 heteroatoms. The number of anilines is 1. The van der Waals surface area contributed by atoms with Crippen LogP contribution in [-0.2, 0) is 14.3 Å². The lowest BCUT2D eigenvalue weighted by Crippen LogP contribution is -2.18. The third-order valence-corrected chi connectivity index (χ3v) is 4.37. The second kappa shape index (κ2) is 8.08. The second-order valence-corrected chi connectivity index (χ2v) is 6.12. The highest BCUT2D eigenvalue weighted by Crippen LogP contribution is 2.35. The Kier molecular flexibility index (Phi) is 5.59. The number of carbonyl (C=O) groups is 2. The Morgan fingerprint density at radius 2 is 1.75 bits per heavy atom. The van der Waals surface area contributed by atoms with Crippen LogP contribution in [0.4, 0.5) is 10.1 Å². The SMILES string of the molecule is CCOc1ccc(/C=C2\C(=O)C(C(=O)OC)=C(C)N2c2ccc(F)cc2)cc1. The van der Waals surface area contributed by atoms with Gasteiger partial charge in [-0.25, -0.2) is 9.18 Å². The molecular formula is C22H20FNO4. The van der Waals surface area contributed by atoms with Crippen molar-refractivity contribution in [2.24, 2.45) is 0 Å². The van der Waals surface area contributed by atoms with Gasteiger partial charge in [-0.15, -0.1) is 0 Å². The predicted molar refractivity (Wildman–Crippen MR) is 104 cm³/mol. The topological polar surface area (TPSA) is 55.8 Å². The van der Waals surface area contributed by atoms with Gasteiger partial charge in [0.25, 0.3) is 0 Å². The number of ketones is 1. The van der Waals surface area contributed by atoms with Crippen molar-refractivity contribution >= 4 is 23.5 Å². The van der Waals surface area contributed by atoms with Gasteiger partial charge in [-0.1, -0.05) is 12.1 Å². The minimum atomic E-state index is -0.704. The van der Waals surface area contributed by atoms with Gasteiger partial charge in [-0.05, 0) is 61.9 Å². The summed E-state index contributed by atoms with van der Waals surface area (Å²) in [5.41, 5.74) is 2.01. The molecule has 2 aromatic rings. The zero-order chi connectivity index (χ0) is 20.3. The summed E-state index contributed by atoms with van der Waals surface area (Å²) < 4.78 is 23.6. The van der Waals surface area contributed by atoms with Crippen molar-refractivity contribution in [1.29, 1.82) is 0 Å². The Hall–Kier alpha value is -3.41. The Labute approximate surface area is 162 Å². The molecule has 0 saturated heterocycles. The van der Waals surface area contributed by atoms with E-state index >= 15 is 0 Å². The average molecular weight is 381 g/mol. The number of ether oxygens (including phenoxy) is 2. The van der Waals surface area contributed by atoms with E-state index in [1.54, 1.807) is 42.2 Å². The smallest absolute Gasteiger partial charge is 0.343 e. The van der Waals surface area contributed by atoms with Gasteiger partial charge in [0.2, 0.25) is 5.78 Å². The van der Waals surface area contributed by atoms with E-state index in [9.17, 15) is 14.0 Å². The molecule has 0 spiro atoms. The van der Waals surface area contributed by atoms with Gasteiger partial charge in [-0.2, -0.15) is 0 Å². The van der Waals surface area contributed by atoms with Crippen molar-refractivity contribution in [1.82, 2.24) is 0 Å². The minimum absolute atomic E-state index is 0.0380. The van der Waals surface area contributed by atoms with Crippen LogP contribution in [0.2, 0.25) is 0 Å². The standard InChI is InChI=1S/C22H20FNO4/c1-4-28-18-11-5-15(6-12-18)13-19-21(25)20(22(26)27-3)14(2)24(19)17-9-7-16(23)8-10-17/h5-13H,4H2,1-3H3/b19-13+. The number of methoxy groups -OCH3 is 1. The van der Waals surface area contributed by atoms with E-state index in [-0.39, 0.29) is 17.1 Å². The van der Waals surface area contributed by atoms with E-state index in [2.05, 4.69) is 0 Å². The minimum Gasteiger partial charge on any atom is -0.494 e. The van der Waals surface area contributed by atoms with Crippen LogP contribution >= 0.6 is 0 Å². The van der Waals surface area contributed by atoms with Gasteiger partial charge in [-0.3, -0.25) is 4.79 Å². The number of carbonyl (C=O) groups excluding carboxylic acids is 2. The highest BCUT2D eigenvalue weighted by molar-refractivity contribution is 6.30. The Bertz CT molecular complexity index is 959. The summed E-state index contributed by atoms with van der Waals surface area (Å²) in [5, 5.41) is 0.